The van der Waals surface area contributed by atoms with Crippen molar-refractivity contribution < 1.29 is 56.4 Å². The van der Waals surface area contributed by atoms with Crippen LogP contribution in [0.4, 0.5) is 22.8 Å². The highest BCUT2D eigenvalue weighted by molar-refractivity contribution is 5.88. The number of nitriles is 3. The summed E-state index contributed by atoms with van der Waals surface area (Å²) < 4.78 is 63.9. The van der Waals surface area contributed by atoms with Crippen molar-refractivity contribution >= 4 is 24.0 Å². The minimum Gasteiger partial charge on any atom is -0.478 e. The lowest BCUT2D eigenvalue weighted by Gasteiger charge is -2.44. The van der Waals surface area contributed by atoms with Crippen LogP contribution in [0.5, 0.6) is 0 Å². The number of amides is 2. The summed E-state index contributed by atoms with van der Waals surface area (Å²) in [5, 5.41) is 59.2. The molecule has 2 amide bonds. The van der Waals surface area contributed by atoms with E-state index in [9.17, 15) is 32.8 Å². The molecule has 5 N–H and O–H groups in total. The summed E-state index contributed by atoms with van der Waals surface area (Å²) in [6, 6.07) is 48.8. The molecule has 0 radical (unpaired) electrons. The van der Waals surface area contributed by atoms with Gasteiger partial charge in [0.25, 0.3) is 11.8 Å². The molecule has 6 atom stereocenters. The molecular weight excluding hydrogens is 1320 g/mol. The Morgan fingerprint density at radius 3 is 1.36 bits per heavy atom. The smallest absolute Gasteiger partial charge is 0.410 e. The van der Waals surface area contributed by atoms with E-state index >= 15 is 0 Å². The van der Waals surface area contributed by atoms with Crippen LogP contribution in [0.25, 0.3) is 22.9 Å². The van der Waals surface area contributed by atoms with E-state index < -0.39 is 51.0 Å². The van der Waals surface area contributed by atoms with Gasteiger partial charge in [0, 0.05) is 66.3 Å². The number of rotatable bonds is 18. The minimum absolute atomic E-state index is 0.0297. The molecule has 0 spiro atoms. The van der Waals surface area contributed by atoms with Crippen molar-refractivity contribution in [3.05, 3.63) is 214 Å². The predicted octanol–water partition coefficient (Wildman–Crippen LogP) is 15.4. The lowest BCUT2D eigenvalue weighted by molar-refractivity contribution is 0.0110. The number of aromatic carboxylic acids is 1. The molecule has 103 heavy (non-hydrogen) atoms. The molecule has 6 aliphatic carbocycles. The molecule has 0 saturated heterocycles. The summed E-state index contributed by atoms with van der Waals surface area (Å²) in [6.07, 6.45) is 10.6. The van der Waals surface area contributed by atoms with Crippen LogP contribution in [0.3, 0.4) is 0 Å². The predicted molar refractivity (Wildman–Crippen MR) is 374 cm³/mol. The second-order valence-corrected chi connectivity index (χ2v) is 29.6. The number of aromatic nitrogens is 4. The van der Waals surface area contributed by atoms with Crippen LogP contribution in [0, 0.1) is 56.9 Å². The fourth-order valence-corrected chi connectivity index (χ4v) is 13.6. The first-order chi connectivity index (χ1) is 49.3. The number of halogens is 3. The molecular formula is C79H83F3N12O9. The molecule has 24 heteroatoms. The summed E-state index contributed by atoms with van der Waals surface area (Å²) in [7, 11) is 0. The Labute approximate surface area is 596 Å². The third-order valence-electron chi connectivity index (χ3n) is 20.1. The van der Waals surface area contributed by atoms with E-state index in [2.05, 4.69) is 79.3 Å². The van der Waals surface area contributed by atoms with Gasteiger partial charge < -0.3 is 49.7 Å². The number of nitrogens with two attached hydrogens (primary N) is 1. The normalized spacial score (nSPS) is 20.5. The number of amidine groups is 1. The van der Waals surface area contributed by atoms with Crippen molar-refractivity contribution in [2.45, 2.75) is 177 Å². The molecule has 3 unspecified atom stereocenters. The zero-order valence-electron chi connectivity index (χ0n) is 58.4. The molecule has 8 aromatic rings. The Morgan fingerprint density at radius 2 is 0.990 bits per heavy atom. The van der Waals surface area contributed by atoms with E-state index in [1.165, 1.54) is 47.0 Å². The molecule has 534 valence electrons. The lowest BCUT2D eigenvalue weighted by atomic mass is 9.67. The van der Waals surface area contributed by atoms with E-state index in [0.29, 0.717) is 42.6 Å². The van der Waals surface area contributed by atoms with Crippen molar-refractivity contribution in [2.24, 2.45) is 16.3 Å². The van der Waals surface area contributed by atoms with Crippen LogP contribution in [0.1, 0.15) is 192 Å². The molecule has 0 aliphatic heterocycles. The maximum atomic E-state index is 14.6. The van der Waals surface area contributed by atoms with E-state index in [4.69, 9.17) is 45.1 Å². The van der Waals surface area contributed by atoms with Crippen molar-refractivity contribution in [3.8, 4) is 41.1 Å². The number of oxime groups is 1. The molecule has 14 rings (SSSR count). The molecule has 21 nitrogen and oxygen atoms in total. The number of hydrogen-bond acceptors (Lipinski definition) is 17. The highest BCUT2D eigenvalue weighted by Crippen LogP contribution is 2.52. The molecule has 6 aliphatic rings. The molecule has 2 heterocycles. The molecule has 0 bridgehead atoms. The standard InChI is InChI=1S/C28H29FN4O3.C23H21FN4O.C20H29N3O3.C8H4FNO2/c1-27(2,3)35-26(34)33(23-15-21(23)19-8-5-4-6-9-19)17-28(12-7-13-28)25-31-24(36-32-25)20-11-10-18(16-30)14-22(20)29;24-19-11-15(13-25)7-8-17(19)21-27-22(28-29-21)23(9-4-10-23)14-26-20-12-18(20)16-5-2-1-3-6-16;1-19(2,3)26-18(24)23(13-20(10-7-11-20)17(21)22-25)16-12-15(16)14-8-5-4-6-9-14;9-7-3-5(4-10)1-2-6(7)8(11)12/h4-6,8-11,14,21,23H,7,12-13,15,17H2,1-3H3;1-3,5-8,11,18,20,26H,4,9-10,12,14H2;4-6,8-9,15-16,25H,7,10-13H2,1-3H3,(H2,21,22);1-3H,(H,11,12)/t21?,23-;18?,20-;15?,16-;/m000./s1. The summed E-state index contributed by atoms with van der Waals surface area (Å²) in [4.78, 5) is 49.3. The maximum Gasteiger partial charge on any atom is 0.410 e. The fourth-order valence-electron chi connectivity index (χ4n) is 13.6. The molecule has 6 saturated carbocycles. The average Bonchev–Trinajstić information content (AvgIpc) is 1.38. The lowest BCUT2D eigenvalue weighted by Crippen LogP contribution is -2.53. The fraction of sp³-hybridized carbons (Fsp3) is 0.405. The quantitative estimate of drug-likeness (QED) is 0.0268. The molecule has 2 aromatic heterocycles. The third kappa shape index (κ3) is 17.4. The second-order valence-electron chi connectivity index (χ2n) is 29.6. The van der Waals surface area contributed by atoms with Crippen LogP contribution in [0.15, 0.2) is 160 Å². The van der Waals surface area contributed by atoms with Crippen LogP contribution in [-0.2, 0) is 20.3 Å². The van der Waals surface area contributed by atoms with Gasteiger partial charge >= 0.3 is 18.2 Å². The number of nitrogens with one attached hydrogen (secondary N) is 1. The number of carbonyl (C=O) groups excluding carboxylic acids is 2. The summed E-state index contributed by atoms with van der Waals surface area (Å²) in [5.74, 6) is -0.635. The van der Waals surface area contributed by atoms with Gasteiger partial charge in [0.05, 0.1) is 57.0 Å². The number of carboxylic acids is 1. The first kappa shape index (κ1) is 73.3. The Balaban J connectivity index is 0.000000145. The van der Waals surface area contributed by atoms with Crippen molar-refractivity contribution in [3.63, 3.8) is 0 Å². The van der Waals surface area contributed by atoms with E-state index in [1.807, 2.05) is 101 Å². The Bertz CT molecular complexity index is 4510. The minimum atomic E-state index is -1.34. The first-order valence-corrected chi connectivity index (χ1v) is 34.6. The van der Waals surface area contributed by atoms with Gasteiger partial charge in [-0.2, -0.15) is 25.8 Å². The molecule has 6 fully saturated rings. The maximum absolute atomic E-state index is 14.6. The number of benzene rings is 6. The van der Waals surface area contributed by atoms with Gasteiger partial charge in [-0.1, -0.05) is 126 Å². The van der Waals surface area contributed by atoms with Gasteiger partial charge in [-0.15, -0.1) is 0 Å². The second kappa shape index (κ2) is 30.7. The first-order valence-electron chi connectivity index (χ1n) is 34.6. The van der Waals surface area contributed by atoms with Crippen molar-refractivity contribution in [1.29, 1.82) is 15.8 Å². The highest BCUT2D eigenvalue weighted by Gasteiger charge is 2.54. The van der Waals surface area contributed by atoms with Crippen molar-refractivity contribution in [1.82, 2.24) is 35.4 Å². The van der Waals surface area contributed by atoms with Crippen LogP contribution >= 0.6 is 0 Å². The third-order valence-corrected chi connectivity index (χ3v) is 20.1. The van der Waals surface area contributed by atoms with Crippen LogP contribution in [-0.4, -0.2) is 113 Å². The summed E-state index contributed by atoms with van der Waals surface area (Å²) in [6.45, 7) is 12.8. The van der Waals surface area contributed by atoms with E-state index in [0.717, 1.165) is 102 Å². The van der Waals surface area contributed by atoms with Crippen LogP contribution < -0.4 is 11.1 Å². The Kier molecular flexibility index (Phi) is 21.9. The number of ether oxygens (including phenoxy) is 2. The largest absolute Gasteiger partial charge is 0.478 e. The SMILES string of the molecule is CC(C)(C)OC(=O)N(CC1(C(N)=NO)CCC1)[C@H]1CC1c1ccccc1.CC(C)(C)OC(=O)N(CC1(c2noc(-c3ccc(C#N)cc3F)n2)CCC1)[C@H]1CC1c1ccccc1.N#Cc1ccc(-c2nc(C3(CN[C@H]4CC4c4ccccc4)CCC3)no2)c(F)c1.N#Cc1ccc(C(=O)O)c(F)c1. The van der Waals surface area contributed by atoms with Gasteiger partial charge in [-0.25, -0.2) is 27.6 Å². The number of carboxylic acid groups (broad SMARTS) is 1. The molecule has 6 aromatic carbocycles. The topological polar surface area (TPSA) is 316 Å². The van der Waals surface area contributed by atoms with Crippen LogP contribution in [0.2, 0.25) is 0 Å². The number of carbonyl (C=O) groups is 3. The van der Waals surface area contributed by atoms with Gasteiger partial charge in [0.1, 0.15) is 34.5 Å². The number of nitrogens with zero attached hydrogens (tertiary/aromatic N) is 10. The summed E-state index contributed by atoms with van der Waals surface area (Å²) >= 11 is 0. The zero-order valence-corrected chi connectivity index (χ0v) is 58.4. The van der Waals surface area contributed by atoms with E-state index in [1.54, 1.807) is 17.0 Å². The van der Waals surface area contributed by atoms with Gasteiger partial charge in [0.15, 0.2) is 11.6 Å². The van der Waals surface area contributed by atoms with Gasteiger partial charge in [0.2, 0.25) is 0 Å². The van der Waals surface area contributed by atoms with Crippen molar-refractivity contribution in [2.75, 3.05) is 19.6 Å². The van der Waals surface area contributed by atoms with Gasteiger partial charge in [-0.05, 0) is 171 Å². The zero-order chi connectivity index (χ0) is 73.4. The summed E-state index contributed by atoms with van der Waals surface area (Å²) in [5.41, 5.74) is 8.11. The Morgan fingerprint density at radius 1 is 0.583 bits per heavy atom. The average molecular weight is 1400 g/mol. The van der Waals surface area contributed by atoms with E-state index in [-0.39, 0.29) is 81.0 Å². The number of hydrogen-bond donors (Lipinski definition) is 4. The Hall–Kier alpha value is -10.9. The monoisotopic (exact) mass is 1400 g/mol. The van der Waals surface area contributed by atoms with Gasteiger partial charge in [-0.3, -0.25) is 0 Å². The highest BCUT2D eigenvalue weighted by atomic mass is 19.1.